The van der Waals surface area contributed by atoms with Gasteiger partial charge < -0.3 is 0 Å². The molecule has 0 nitrogen and oxygen atoms in total. The van der Waals surface area contributed by atoms with Gasteiger partial charge in [0.2, 0.25) is 0 Å². The maximum Gasteiger partial charge on any atom is -0.0236 e. The van der Waals surface area contributed by atoms with Crippen LogP contribution in [0.1, 0.15) is 27.7 Å². The molecule has 0 amide bonds. The number of rotatable bonds is 3. The summed E-state index contributed by atoms with van der Waals surface area (Å²) in [6.45, 7) is 12.5. The summed E-state index contributed by atoms with van der Waals surface area (Å²) in [5, 5.41) is 0. The van der Waals surface area contributed by atoms with E-state index in [1.165, 1.54) is 0 Å². The Hall–Kier alpha value is -0.520. The molecule has 0 N–H and O–H groups in total. The van der Waals surface area contributed by atoms with Gasteiger partial charge in [-0.05, 0) is 18.8 Å². The van der Waals surface area contributed by atoms with Gasteiger partial charge in [0.25, 0.3) is 0 Å². The Morgan fingerprint density at radius 1 is 1.30 bits per heavy atom. The van der Waals surface area contributed by atoms with Crippen molar-refractivity contribution in [2.45, 2.75) is 27.7 Å². The van der Waals surface area contributed by atoms with E-state index in [0.29, 0.717) is 5.92 Å². The monoisotopic (exact) mass is 138 g/mol. The number of allylic oxidation sites excluding steroid dienone is 3. The highest BCUT2D eigenvalue weighted by Crippen LogP contribution is 2.11. The van der Waals surface area contributed by atoms with E-state index < -0.39 is 0 Å². The molecule has 0 fully saturated rings. The molecule has 0 saturated carbocycles. The molecule has 0 aromatic heterocycles. The fourth-order valence-electron chi connectivity index (χ4n) is 0.538. The summed E-state index contributed by atoms with van der Waals surface area (Å²) < 4.78 is 0. The third kappa shape index (κ3) is 4.37. The van der Waals surface area contributed by atoms with Gasteiger partial charge in [0, 0.05) is 0 Å². The van der Waals surface area contributed by atoms with Crippen molar-refractivity contribution < 1.29 is 0 Å². The first kappa shape index (κ1) is 9.48. The minimum Gasteiger partial charge on any atom is -0.0961 e. The molecule has 0 aliphatic rings. The maximum atomic E-state index is 3.80. The first-order valence-corrected chi connectivity index (χ1v) is 3.87. The van der Waals surface area contributed by atoms with Crippen molar-refractivity contribution in [3.05, 3.63) is 24.3 Å². The number of hydrogen-bond acceptors (Lipinski definition) is 0. The van der Waals surface area contributed by atoms with E-state index in [1.807, 2.05) is 6.92 Å². The first-order valence-electron chi connectivity index (χ1n) is 3.87. The molecule has 1 atom stereocenters. The van der Waals surface area contributed by atoms with Crippen LogP contribution in [0, 0.1) is 11.8 Å². The Balaban J connectivity index is 3.77. The molecule has 0 aliphatic carbocycles. The third-order valence-electron chi connectivity index (χ3n) is 1.74. The minimum absolute atomic E-state index is 0.664. The lowest BCUT2D eigenvalue weighted by molar-refractivity contribution is 0.504. The first-order chi connectivity index (χ1) is 4.54. The summed E-state index contributed by atoms with van der Waals surface area (Å²) in [5.74, 6) is 1.40. The summed E-state index contributed by atoms with van der Waals surface area (Å²) in [4.78, 5) is 0. The van der Waals surface area contributed by atoms with Crippen molar-refractivity contribution in [2.24, 2.45) is 11.8 Å². The summed E-state index contributed by atoms with van der Waals surface area (Å²) >= 11 is 0. The van der Waals surface area contributed by atoms with Crippen LogP contribution in [-0.4, -0.2) is 0 Å². The smallest absolute Gasteiger partial charge is 0.0236 e. The molecule has 0 radical (unpaired) electrons. The van der Waals surface area contributed by atoms with E-state index in [4.69, 9.17) is 0 Å². The van der Waals surface area contributed by atoms with E-state index in [9.17, 15) is 0 Å². The van der Waals surface area contributed by atoms with E-state index in [-0.39, 0.29) is 0 Å². The Kier molecular flexibility index (Phi) is 4.10. The number of hydrogen-bond donors (Lipinski definition) is 0. The lowest BCUT2D eigenvalue weighted by atomic mass is 9.97. The van der Waals surface area contributed by atoms with Crippen LogP contribution in [0.5, 0.6) is 0 Å². The predicted octanol–water partition coefficient (Wildman–Crippen LogP) is 3.41. The highest BCUT2D eigenvalue weighted by Gasteiger charge is 2.00. The topological polar surface area (TPSA) is 0 Å². The van der Waals surface area contributed by atoms with Gasteiger partial charge in [-0.15, -0.1) is 0 Å². The van der Waals surface area contributed by atoms with Crippen molar-refractivity contribution >= 4 is 0 Å². The molecular weight excluding hydrogens is 120 g/mol. The molecule has 10 heavy (non-hydrogen) atoms. The zero-order valence-electron chi connectivity index (χ0n) is 7.52. The van der Waals surface area contributed by atoms with Crippen molar-refractivity contribution in [2.75, 3.05) is 0 Å². The quantitative estimate of drug-likeness (QED) is 0.524. The molecule has 58 valence electrons. The Labute approximate surface area is 64.6 Å². The molecule has 1 unspecified atom stereocenters. The van der Waals surface area contributed by atoms with Crippen molar-refractivity contribution in [3.8, 4) is 0 Å². The van der Waals surface area contributed by atoms with Crippen molar-refractivity contribution in [1.82, 2.24) is 0 Å². The fraction of sp³-hybridized carbons (Fsp3) is 0.600. The summed E-state index contributed by atoms with van der Waals surface area (Å²) in [5.41, 5.74) is 1.13. The molecule has 0 aromatic rings. The molecule has 0 aromatic carbocycles. The maximum absolute atomic E-state index is 3.80. The second-order valence-electron chi connectivity index (χ2n) is 3.31. The van der Waals surface area contributed by atoms with Gasteiger partial charge in [-0.25, -0.2) is 0 Å². The largest absolute Gasteiger partial charge is 0.0961 e. The van der Waals surface area contributed by atoms with Crippen molar-refractivity contribution in [3.63, 3.8) is 0 Å². The molecule has 0 heterocycles. The standard InChI is InChI=1S/C10H18/c1-8(2)6-7-10(5)9(3)4/h6-7,9-10H,1H2,2-5H3. The predicted molar refractivity (Wildman–Crippen MR) is 48.0 cm³/mol. The van der Waals surface area contributed by atoms with Gasteiger partial charge in [0.1, 0.15) is 0 Å². The van der Waals surface area contributed by atoms with Gasteiger partial charge in [-0.2, -0.15) is 0 Å². The summed E-state index contributed by atoms with van der Waals surface area (Å²) in [6.07, 6.45) is 4.30. The lowest BCUT2D eigenvalue weighted by Gasteiger charge is -2.09. The van der Waals surface area contributed by atoms with E-state index in [2.05, 4.69) is 39.5 Å². The van der Waals surface area contributed by atoms with Crippen LogP contribution in [0.25, 0.3) is 0 Å². The van der Waals surface area contributed by atoms with Gasteiger partial charge in [-0.3, -0.25) is 0 Å². The second kappa shape index (κ2) is 4.32. The van der Waals surface area contributed by atoms with Gasteiger partial charge in [0.15, 0.2) is 0 Å². The van der Waals surface area contributed by atoms with E-state index in [0.717, 1.165) is 11.5 Å². The van der Waals surface area contributed by atoms with Gasteiger partial charge >= 0.3 is 0 Å². The van der Waals surface area contributed by atoms with Crippen LogP contribution in [0.3, 0.4) is 0 Å². The zero-order chi connectivity index (χ0) is 8.15. The van der Waals surface area contributed by atoms with E-state index >= 15 is 0 Å². The minimum atomic E-state index is 0.664. The van der Waals surface area contributed by atoms with E-state index in [1.54, 1.807) is 0 Å². The molecule has 0 aliphatic heterocycles. The van der Waals surface area contributed by atoms with Gasteiger partial charge in [-0.1, -0.05) is 45.1 Å². The van der Waals surface area contributed by atoms with Gasteiger partial charge in [0.05, 0.1) is 0 Å². The van der Waals surface area contributed by atoms with Crippen LogP contribution in [-0.2, 0) is 0 Å². The summed E-state index contributed by atoms with van der Waals surface area (Å²) in [7, 11) is 0. The Bertz CT molecular complexity index is 129. The highest BCUT2D eigenvalue weighted by molar-refractivity contribution is 5.11. The molecule has 0 rings (SSSR count). The molecule has 0 spiro atoms. The highest BCUT2D eigenvalue weighted by atomic mass is 14.1. The molecule has 0 saturated heterocycles. The van der Waals surface area contributed by atoms with Crippen LogP contribution in [0.15, 0.2) is 24.3 Å². The van der Waals surface area contributed by atoms with Crippen LogP contribution >= 0.6 is 0 Å². The molecule has 0 heteroatoms. The average Bonchev–Trinajstić information content (AvgIpc) is 1.82. The van der Waals surface area contributed by atoms with Crippen LogP contribution in [0.4, 0.5) is 0 Å². The lowest BCUT2D eigenvalue weighted by Crippen LogP contribution is -1.98. The molecular formula is C10H18. The van der Waals surface area contributed by atoms with Crippen molar-refractivity contribution in [1.29, 1.82) is 0 Å². The van der Waals surface area contributed by atoms with Crippen LogP contribution in [0.2, 0.25) is 0 Å². The Morgan fingerprint density at radius 3 is 2.10 bits per heavy atom. The SMILES string of the molecule is C=C(C)C=CC(C)C(C)C. The normalized spacial score (nSPS) is 14.5. The summed E-state index contributed by atoms with van der Waals surface area (Å²) in [6, 6.07) is 0. The second-order valence-corrected chi connectivity index (χ2v) is 3.31. The zero-order valence-corrected chi connectivity index (χ0v) is 7.52. The fourth-order valence-corrected chi connectivity index (χ4v) is 0.538. The third-order valence-corrected chi connectivity index (χ3v) is 1.74. The van der Waals surface area contributed by atoms with Crippen LogP contribution < -0.4 is 0 Å². The molecule has 0 bridgehead atoms. The Morgan fingerprint density at radius 2 is 1.80 bits per heavy atom. The average molecular weight is 138 g/mol.